The second-order valence-electron chi connectivity index (χ2n) is 9.91. The minimum atomic E-state index is -0.372. The summed E-state index contributed by atoms with van der Waals surface area (Å²) in [6.07, 6.45) is 19.6. The Morgan fingerprint density at radius 1 is 0.788 bits per heavy atom. The highest BCUT2D eigenvalue weighted by molar-refractivity contribution is 6.30. The van der Waals surface area contributed by atoms with Crippen molar-refractivity contribution in [1.82, 2.24) is 0 Å². The molecular formula is C31H40ClF. The quantitative estimate of drug-likeness (QED) is 0.228. The third-order valence-electron chi connectivity index (χ3n) is 7.25. The topological polar surface area (TPSA) is 0 Å². The van der Waals surface area contributed by atoms with E-state index in [2.05, 4.69) is 43.0 Å². The Bertz CT molecular complexity index is 881. The highest BCUT2D eigenvalue weighted by Gasteiger charge is 2.20. The number of aryl methyl sites for hydroxylation is 1. The van der Waals surface area contributed by atoms with Gasteiger partial charge in [0, 0.05) is 10.6 Å². The number of rotatable bonds is 11. The summed E-state index contributed by atoms with van der Waals surface area (Å²) in [4.78, 5) is 0. The van der Waals surface area contributed by atoms with E-state index >= 15 is 0 Å². The van der Waals surface area contributed by atoms with Gasteiger partial charge < -0.3 is 0 Å². The Morgan fingerprint density at radius 2 is 1.42 bits per heavy atom. The first-order valence-corrected chi connectivity index (χ1v) is 13.6. The second-order valence-corrected chi connectivity index (χ2v) is 10.3. The lowest BCUT2D eigenvalue weighted by Crippen LogP contribution is -2.15. The van der Waals surface area contributed by atoms with Gasteiger partial charge in [-0.3, -0.25) is 0 Å². The third kappa shape index (κ3) is 9.54. The zero-order valence-corrected chi connectivity index (χ0v) is 21.1. The van der Waals surface area contributed by atoms with Crippen LogP contribution in [-0.2, 0) is 6.42 Å². The summed E-state index contributed by atoms with van der Waals surface area (Å²) in [5.74, 6) is 7.47. The van der Waals surface area contributed by atoms with Crippen LogP contribution < -0.4 is 0 Å². The van der Waals surface area contributed by atoms with E-state index in [1.165, 1.54) is 95.1 Å². The van der Waals surface area contributed by atoms with Gasteiger partial charge in [-0.15, -0.1) is 0 Å². The van der Waals surface area contributed by atoms with Gasteiger partial charge in [-0.05, 0) is 60.6 Å². The summed E-state index contributed by atoms with van der Waals surface area (Å²) in [5, 5.41) is 0.393. The normalized spacial score (nSPS) is 18.0. The lowest BCUT2D eigenvalue weighted by molar-refractivity contribution is 0.248. The Labute approximate surface area is 206 Å². The molecule has 2 heteroatoms. The Morgan fingerprint density at radius 3 is 2.09 bits per heavy atom. The van der Waals surface area contributed by atoms with Crippen molar-refractivity contribution in [2.45, 2.75) is 96.8 Å². The van der Waals surface area contributed by atoms with E-state index in [4.69, 9.17) is 11.6 Å². The molecule has 0 saturated heterocycles. The molecule has 178 valence electrons. The highest BCUT2D eigenvalue weighted by atomic mass is 35.5. The molecule has 2 aromatic carbocycles. The lowest BCUT2D eigenvalue weighted by Gasteiger charge is -2.28. The molecule has 2 aromatic rings. The molecule has 0 radical (unpaired) electrons. The summed E-state index contributed by atoms with van der Waals surface area (Å²) >= 11 is 5.80. The summed E-state index contributed by atoms with van der Waals surface area (Å²) < 4.78 is 13.9. The van der Waals surface area contributed by atoms with Crippen molar-refractivity contribution >= 4 is 11.6 Å². The first-order chi connectivity index (χ1) is 16.1. The number of unbranched alkanes of at least 4 members (excludes halogenated alkanes) is 6. The molecule has 0 nitrogen and oxygen atoms in total. The van der Waals surface area contributed by atoms with Crippen molar-refractivity contribution < 1.29 is 4.39 Å². The van der Waals surface area contributed by atoms with Gasteiger partial charge in [0.25, 0.3) is 0 Å². The zero-order chi connectivity index (χ0) is 23.3. The third-order valence-corrected chi connectivity index (χ3v) is 7.49. The van der Waals surface area contributed by atoms with Gasteiger partial charge in [-0.25, -0.2) is 4.39 Å². The summed E-state index contributed by atoms with van der Waals surface area (Å²) in [6.45, 7) is 2.29. The van der Waals surface area contributed by atoms with Gasteiger partial charge in [-0.1, -0.05) is 120 Å². The van der Waals surface area contributed by atoms with Crippen LogP contribution in [0.3, 0.4) is 0 Å². The van der Waals surface area contributed by atoms with Crippen LogP contribution in [0.5, 0.6) is 0 Å². The predicted octanol–water partition coefficient (Wildman–Crippen LogP) is 9.76. The predicted molar refractivity (Wildman–Crippen MR) is 140 cm³/mol. The summed E-state index contributed by atoms with van der Waals surface area (Å²) in [6, 6.07) is 13.0. The van der Waals surface area contributed by atoms with Crippen molar-refractivity contribution in [2.24, 2.45) is 11.8 Å². The van der Waals surface area contributed by atoms with Crippen LogP contribution >= 0.6 is 11.6 Å². The molecule has 1 aliphatic carbocycles. The molecule has 0 atom stereocenters. The van der Waals surface area contributed by atoms with Gasteiger partial charge in [0.05, 0.1) is 5.56 Å². The number of benzene rings is 2. The fourth-order valence-corrected chi connectivity index (χ4v) is 5.21. The van der Waals surface area contributed by atoms with Crippen LogP contribution in [0.15, 0.2) is 42.5 Å². The van der Waals surface area contributed by atoms with E-state index in [1.54, 1.807) is 12.1 Å². The highest BCUT2D eigenvalue weighted by Crippen LogP contribution is 2.34. The van der Waals surface area contributed by atoms with E-state index in [0.29, 0.717) is 10.6 Å². The van der Waals surface area contributed by atoms with Crippen molar-refractivity contribution in [3.8, 4) is 11.8 Å². The van der Waals surface area contributed by atoms with Crippen LogP contribution in [0.1, 0.15) is 107 Å². The Balaban J connectivity index is 1.32. The minimum Gasteiger partial charge on any atom is -0.206 e. The van der Waals surface area contributed by atoms with Crippen LogP contribution in [0.2, 0.25) is 5.02 Å². The van der Waals surface area contributed by atoms with Crippen molar-refractivity contribution in [3.05, 3.63) is 70.0 Å². The van der Waals surface area contributed by atoms with E-state index in [1.807, 2.05) is 0 Å². The Kier molecular flexibility index (Phi) is 11.3. The SMILES string of the molecule is CCCCCCCCCC1CCC(CCc2ccc(C#Cc3ccc(Cl)cc3F)cc2)CC1. The van der Waals surface area contributed by atoms with Crippen LogP contribution in [0.4, 0.5) is 4.39 Å². The second kappa shape index (κ2) is 14.5. The molecule has 0 aromatic heterocycles. The molecule has 0 spiro atoms. The molecule has 0 aliphatic heterocycles. The fourth-order valence-electron chi connectivity index (χ4n) is 5.05. The van der Waals surface area contributed by atoms with Gasteiger partial charge in [0.1, 0.15) is 5.82 Å². The van der Waals surface area contributed by atoms with Gasteiger partial charge in [0.15, 0.2) is 0 Å². The van der Waals surface area contributed by atoms with E-state index in [0.717, 1.165) is 23.8 Å². The Hall–Kier alpha value is -1.78. The van der Waals surface area contributed by atoms with Gasteiger partial charge >= 0.3 is 0 Å². The molecule has 0 unspecified atom stereocenters. The van der Waals surface area contributed by atoms with Gasteiger partial charge in [0.2, 0.25) is 0 Å². The number of halogens is 2. The fraction of sp³-hybridized carbons (Fsp3) is 0.548. The molecule has 33 heavy (non-hydrogen) atoms. The summed E-state index contributed by atoms with van der Waals surface area (Å²) in [7, 11) is 0. The smallest absolute Gasteiger partial charge is 0.140 e. The van der Waals surface area contributed by atoms with E-state index in [-0.39, 0.29) is 5.82 Å². The molecule has 3 rings (SSSR count). The molecular weight excluding hydrogens is 427 g/mol. The number of hydrogen-bond donors (Lipinski definition) is 0. The molecule has 1 aliphatic rings. The minimum absolute atomic E-state index is 0.372. The first kappa shape index (κ1) is 25.8. The monoisotopic (exact) mass is 466 g/mol. The maximum Gasteiger partial charge on any atom is 0.140 e. The molecule has 0 N–H and O–H groups in total. The van der Waals surface area contributed by atoms with Crippen molar-refractivity contribution in [1.29, 1.82) is 0 Å². The van der Waals surface area contributed by atoms with Crippen LogP contribution in [0, 0.1) is 29.5 Å². The van der Waals surface area contributed by atoms with Crippen LogP contribution in [-0.4, -0.2) is 0 Å². The number of hydrogen-bond acceptors (Lipinski definition) is 0. The van der Waals surface area contributed by atoms with Crippen LogP contribution in [0.25, 0.3) is 0 Å². The van der Waals surface area contributed by atoms with Gasteiger partial charge in [-0.2, -0.15) is 0 Å². The molecule has 0 heterocycles. The zero-order valence-electron chi connectivity index (χ0n) is 20.4. The van der Waals surface area contributed by atoms with E-state index in [9.17, 15) is 4.39 Å². The summed E-state index contributed by atoms with van der Waals surface area (Å²) in [5.41, 5.74) is 2.67. The molecule has 0 amide bonds. The maximum atomic E-state index is 13.9. The molecule has 1 fully saturated rings. The van der Waals surface area contributed by atoms with Crippen molar-refractivity contribution in [2.75, 3.05) is 0 Å². The van der Waals surface area contributed by atoms with Crippen molar-refractivity contribution in [3.63, 3.8) is 0 Å². The molecule has 1 saturated carbocycles. The standard InChI is InChI=1S/C31H40ClF/c1-2-3-4-5-6-7-8-9-25-10-12-26(13-11-25)14-15-27-16-18-28(19-17-27)20-21-29-22-23-30(32)24-31(29)33/h16-19,22-26H,2-15H2,1H3. The van der Waals surface area contributed by atoms with E-state index < -0.39 is 0 Å². The first-order valence-electron chi connectivity index (χ1n) is 13.2. The average Bonchev–Trinajstić information content (AvgIpc) is 2.83. The average molecular weight is 467 g/mol. The maximum absolute atomic E-state index is 13.9. The molecule has 0 bridgehead atoms. The lowest BCUT2D eigenvalue weighted by atomic mass is 9.77. The largest absolute Gasteiger partial charge is 0.206 e.